The van der Waals surface area contributed by atoms with Crippen LogP contribution in [0.25, 0.3) is 11.3 Å². The molecular weight excluding hydrogens is 485 g/mol. The molecule has 2 unspecified atom stereocenters. The number of rotatable bonds is 4. The minimum absolute atomic E-state index is 0.0940. The lowest BCUT2D eigenvalue weighted by Crippen LogP contribution is -2.48. The van der Waals surface area contributed by atoms with E-state index in [1.54, 1.807) is 30.5 Å². The zero-order valence-corrected chi connectivity index (χ0v) is 20.4. The molecule has 0 N–H and O–H groups in total. The smallest absolute Gasteiger partial charge is 0.425 e. The van der Waals surface area contributed by atoms with Crippen molar-refractivity contribution in [1.82, 2.24) is 9.88 Å². The normalized spacial score (nSPS) is 21.8. The van der Waals surface area contributed by atoms with Gasteiger partial charge in [-0.2, -0.15) is 13.2 Å². The van der Waals surface area contributed by atoms with Crippen molar-refractivity contribution in [3.05, 3.63) is 42.1 Å². The summed E-state index contributed by atoms with van der Waals surface area (Å²) in [7, 11) is -3.28. The summed E-state index contributed by atoms with van der Waals surface area (Å²) in [4.78, 5) is 18.1. The van der Waals surface area contributed by atoms with Gasteiger partial charge in [-0.25, -0.2) is 13.2 Å². The number of carbonyl (C=O) groups excluding carboxylic acids is 1. The monoisotopic (exact) mass is 512 g/mol. The van der Waals surface area contributed by atoms with Gasteiger partial charge >= 0.3 is 12.3 Å². The molecule has 0 radical (unpaired) electrons. The molecule has 1 fully saturated rings. The second kappa shape index (κ2) is 9.00. The maximum atomic E-state index is 12.7. The van der Waals surface area contributed by atoms with E-state index in [4.69, 9.17) is 4.74 Å². The fourth-order valence-electron chi connectivity index (χ4n) is 4.60. The molecule has 1 aromatic carbocycles. The fourth-order valence-corrected chi connectivity index (χ4v) is 5.23. The Morgan fingerprint density at radius 2 is 1.86 bits per heavy atom. The summed E-state index contributed by atoms with van der Waals surface area (Å²) in [6.07, 6.45) is -3.10. The van der Waals surface area contributed by atoms with E-state index in [0.717, 1.165) is 24.3 Å². The van der Waals surface area contributed by atoms with Crippen LogP contribution in [0.5, 0.6) is 5.75 Å². The number of ether oxygens (including phenoxy) is 2. The van der Waals surface area contributed by atoms with Crippen molar-refractivity contribution in [3.63, 3.8) is 0 Å². The number of hydrogen-bond donors (Lipinski definition) is 0. The van der Waals surface area contributed by atoms with Crippen molar-refractivity contribution < 1.29 is 35.9 Å². The molecule has 2 aromatic rings. The molecule has 1 saturated heterocycles. The van der Waals surface area contributed by atoms with Gasteiger partial charge in [0.05, 0.1) is 16.8 Å². The lowest BCUT2D eigenvalue weighted by atomic mass is 9.79. The Labute approximate surface area is 202 Å². The highest BCUT2D eigenvalue weighted by Crippen LogP contribution is 2.43. The molecule has 0 bridgehead atoms. The van der Waals surface area contributed by atoms with Crippen LogP contribution in [0, 0.1) is 5.92 Å². The number of alkyl halides is 3. The second-order valence-electron chi connectivity index (χ2n) is 9.39. The lowest BCUT2D eigenvalue weighted by molar-refractivity contribution is -0.200. The number of nitrogens with zero attached hydrogens (tertiary/aromatic N) is 2. The molecule has 3 heterocycles. The number of aromatic nitrogens is 1. The topological polar surface area (TPSA) is 85.8 Å². The molecule has 11 heteroatoms. The van der Waals surface area contributed by atoms with Crippen LogP contribution in [0.4, 0.5) is 18.0 Å². The van der Waals surface area contributed by atoms with Gasteiger partial charge in [-0.3, -0.25) is 4.98 Å². The summed E-state index contributed by atoms with van der Waals surface area (Å²) in [5, 5.41) is 0. The SMILES string of the molecule is CC(OC(=O)N1CCC(C2(C)Cc3cc(-c4ccc(S(C)(=O)=O)cc4)ncc3O2)CC1)C(F)(F)F. The minimum Gasteiger partial charge on any atom is -0.485 e. The molecule has 190 valence electrons. The van der Waals surface area contributed by atoms with E-state index >= 15 is 0 Å². The van der Waals surface area contributed by atoms with E-state index in [1.807, 2.05) is 13.0 Å². The predicted molar refractivity (Wildman–Crippen MR) is 122 cm³/mol. The molecule has 7 nitrogen and oxygen atoms in total. The quantitative estimate of drug-likeness (QED) is 0.593. The van der Waals surface area contributed by atoms with E-state index < -0.39 is 33.8 Å². The van der Waals surface area contributed by atoms with Gasteiger partial charge in [-0.15, -0.1) is 0 Å². The van der Waals surface area contributed by atoms with Gasteiger partial charge in [0.2, 0.25) is 0 Å². The van der Waals surface area contributed by atoms with Crippen LogP contribution in [0.2, 0.25) is 0 Å². The molecule has 35 heavy (non-hydrogen) atoms. The second-order valence-corrected chi connectivity index (χ2v) is 11.4. The van der Waals surface area contributed by atoms with E-state index in [2.05, 4.69) is 9.72 Å². The highest BCUT2D eigenvalue weighted by molar-refractivity contribution is 7.90. The average molecular weight is 513 g/mol. The highest BCUT2D eigenvalue weighted by Gasteiger charge is 2.45. The minimum atomic E-state index is -4.59. The summed E-state index contributed by atoms with van der Waals surface area (Å²) < 4.78 is 72.3. The number of sulfone groups is 1. The van der Waals surface area contributed by atoms with Gasteiger partial charge in [0, 0.05) is 42.8 Å². The van der Waals surface area contributed by atoms with Gasteiger partial charge in [0.15, 0.2) is 15.9 Å². The van der Waals surface area contributed by atoms with Crippen LogP contribution in [0.15, 0.2) is 41.4 Å². The van der Waals surface area contributed by atoms with Crippen molar-refractivity contribution in [1.29, 1.82) is 0 Å². The van der Waals surface area contributed by atoms with Crippen LogP contribution in [0.1, 0.15) is 32.3 Å². The summed E-state index contributed by atoms with van der Waals surface area (Å²) in [5.41, 5.74) is 1.94. The number of carbonyl (C=O) groups is 1. The van der Waals surface area contributed by atoms with Crippen LogP contribution in [-0.4, -0.2) is 61.6 Å². The molecular formula is C24H27F3N2O5S. The largest absolute Gasteiger partial charge is 0.485 e. The molecule has 2 atom stereocenters. The number of halogens is 3. The van der Waals surface area contributed by atoms with Gasteiger partial charge in [-0.1, -0.05) is 12.1 Å². The van der Waals surface area contributed by atoms with Crippen LogP contribution in [-0.2, 0) is 21.0 Å². The third-order valence-corrected chi connectivity index (χ3v) is 7.89. The lowest BCUT2D eigenvalue weighted by Gasteiger charge is -2.39. The number of hydrogen-bond acceptors (Lipinski definition) is 6. The molecule has 1 aromatic heterocycles. The van der Waals surface area contributed by atoms with Gasteiger partial charge in [0.25, 0.3) is 0 Å². The van der Waals surface area contributed by atoms with Crippen molar-refractivity contribution in [2.24, 2.45) is 5.92 Å². The first-order chi connectivity index (χ1) is 16.3. The number of amides is 1. The summed E-state index contributed by atoms with van der Waals surface area (Å²) in [5.74, 6) is 0.765. The van der Waals surface area contributed by atoms with Crippen LogP contribution < -0.4 is 4.74 Å². The van der Waals surface area contributed by atoms with Crippen molar-refractivity contribution >= 4 is 15.9 Å². The molecule has 1 amide bonds. The maximum Gasteiger partial charge on any atom is 0.425 e. The Kier molecular flexibility index (Phi) is 6.50. The number of pyridine rings is 1. The Bertz CT molecular complexity index is 1210. The molecule has 0 spiro atoms. The zero-order valence-electron chi connectivity index (χ0n) is 19.6. The molecule has 2 aliphatic rings. The molecule has 0 saturated carbocycles. The van der Waals surface area contributed by atoms with Crippen molar-refractivity contribution in [2.75, 3.05) is 19.3 Å². The van der Waals surface area contributed by atoms with Crippen molar-refractivity contribution in [2.45, 2.75) is 55.9 Å². The van der Waals surface area contributed by atoms with Gasteiger partial charge in [0.1, 0.15) is 11.4 Å². The van der Waals surface area contributed by atoms with Gasteiger partial charge < -0.3 is 14.4 Å². The van der Waals surface area contributed by atoms with Crippen molar-refractivity contribution in [3.8, 4) is 17.0 Å². The number of fused-ring (bicyclic) bond motifs is 1. The fraction of sp³-hybridized carbons (Fsp3) is 0.500. The maximum absolute atomic E-state index is 12.7. The zero-order chi connectivity index (χ0) is 25.6. The molecule has 0 aliphatic carbocycles. The third kappa shape index (κ3) is 5.39. The van der Waals surface area contributed by atoms with Crippen LogP contribution >= 0.6 is 0 Å². The van der Waals surface area contributed by atoms with Crippen LogP contribution in [0.3, 0.4) is 0 Å². The standard InChI is InChI=1S/C24H27F3N2O5S/c1-15(24(25,26)27)33-22(30)29-10-8-18(9-11-29)23(2)13-17-12-20(28-14-21(17)34-23)16-4-6-19(7-5-16)35(3,31)32/h4-7,12,14-15,18H,8-11,13H2,1-3H3. The molecule has 4 rings (SSSR count). The van der Waals surface area contributed by atoms with E-state index in [-0.39, 0.29) is 10.8 Å². The number of piperidine rings is 1. The molecule has 2 aliphatic heterocycles. The highest BCUT2D eigenvalue weighted by atomic mass is 32.2. The Morgan fingerprint density at radius 1 is 1.23 bits per heavy atom. The Hall–Kier alpha value is -2.82. The first-order valence-corrected chi connectivity index (χ1v) is 13.2. The number of benzene rings is 1. The Morgan fingerprint density at radius 3 is 2.43 bits per heavy atom. The first kappa shape index (κ1) is 25.3. The van der Waals surface area contributed by atoms with E-state index in [0.29, 0.717) is 43.8 Å². The van der Waals surface area contributed by atoms with Gasteiger partial charge in [-0.05, 0) is 44.9 Å². The summed E-state index contributed by atoms with van der Waals surface area (Å²) in [6, 6.07) is 8.47. The Balaban J connectivity index is 1.40. The summed E-state index contributed by atoms with van der Waals surface area (Å²) in [6.45, 7) is 3.40. The third-order valence-electron chi connectivity index (χ3n) is 6.77. The van der Waals surface area contributed by atoms with E-state index in [1.165, 1.54) is 4.90 Å². The predicted octanol–water partition coefficient (Wildman–Crippen LogP) is 4.65. The van der Waals surface area contributed by atoms with E-state index in [9.17, 15) is 26.4 Å². The summed E-state index contributed by atoms with van der Waals surface area (Å²) >= 11 is 0. The average Bonchev–Trinajstić information content (AvgIpc) is 3.14. The number of likely N-dealkylation sites (tertiary alicyclic amines) is 1. The first-order valence-electron chi connectivity index (χ1n) is 11.3.